The summed E-state index contributed by atoms with van der Waals surface area (Å²) in [6.07, 6.45) is 2.06. The lowest BCUT2D eigenvalue weighted by atomic mass is 10.0. The van der Waals surface area contributed by atoms with Crippen LogP contribution in [0.25, 0.3) is 0 Å². The zero-order chi connectivity index (χ0) is 24.6. The van der Waals surface area contributed by atoms with Gasteiger partial charge in [0.1, 0.15) is 6.04 Å². The van der Waals surface area contributed by atoms with Gasteiger partial charge in [-0.25, -0.2) is 0 Å². The third-order valence-electron chi connectivity index (χ3n) is 6.06. The first kappa shape index (κ1) is 25.2. The van der Waals surface area contributed by atoms with Crippen LogP contribution in [0.5, 0.6) is 0 Å². The van der Waals surface area contributed by atoms with E-state index >= 15 is 0 Å². The predicted molar refractivity (Wildman–Crippen MR) is 138 cm³/mol. The van der Waals surface area contributed by atoms with Gasteiger partial charge in [-0.15, -0.1) is 0 Å². The summed E-state index contributed by atoms with van der Waals surface area (Å²) in [7, 11) is 0. The fourth-order valence-electron chi connectivity index (χ4n) is 4.21. The van der Waals surface area contributed by atoms with Gasteiger partial charge >= 0.3 is 0 Å². The third kappa shape index (κ3) is 7.07. The third-order valence-corrected chi connectivity index (χ3v) is 6.56. The molecular formula is C28H28Cl2N2O3. The molecule has 3 aromatic carbocycles. The summed E-state index contributed by atoms with van der Waals surface area (Å²) in [5, 5.41) is 4.25. The Balaban J connectivity index is 1.64. The number of hydrogen-bond donors (Lipinski definition) is 1. The van der Waals surface area contributed by atoms with Crippen LogP contribution in [0.3, 0.4) is 0 Å². The monoisotopic (exact) mass is 510 g/mol. The molecule has 0 aromatic heterocycles. The number of amides is 2. The molecule has 182 valence electrons. The van der Waals surface area contributed by atoms with Crippen LogP contribution in [0.15, 0.2) is 78.9 Å². The number of halogens is 2. The average molecular weight is 511 g/mol. The molecule has 0 spiro atoms. The van der Waals surface area contributed by atoms with Crippen molar-refractivity contribution < 1.29 is 14.3 Å². The Bertz CT molecular complexity index is 1120. The summed E-state index contributed by atoms with van der Waals surface area (Å²) in [5.74, 6) is -0.395. The lowest BCUT2D eigenvalue weighted by Gasteiger charge is -2.32. The largest absolute Gasteiger partial charge is 0.376 e. The van der Waals surface area contributed by atoms with Crippen LogP contribution >= 0.6 is 23.2 Å². The molecule has 1 fully saturated rings. The highest BCUT2D eigenvalue weighted by atomic mass is 35.5. The zero-order valence-electron chi connectivity index (χ0n) is 19.3. The van der Waals surface area contributed by atoms with Crippen LogP contribution in [-0.4, -0.2) is 36.0 Å². The minimum absolute atomic E-state index is 0.00450. The Kier molecular flexibility index (Phi) is 8.80. The Labute approximate surface area is 216 Å². The molecule has 2 atom stereocenters. The SMILES string of the molecule is O=C(NC[C@@H]1CCCO1)[C@H](c1ccccc1)N(Cc1ccc(Cl)cc1)C(=O)Cc1ccc(Cl)cc1. The summed E-state index contributed by atoms with van der Waals surface area (Å²) >= 11 is 12.1. The summed E-state index contributed by atoms with van der Waals surface area (Å²) in [6, 6.07) is 23.1. The van der Waals surface area contributed by atoms with Gasteiger partial charge in [-0.2, -0.15) is 0 Å². The molecule has 1 aliphatic rings. The normalized spacial score (nSPS) is 16.0. The Hall–Kier alpha value is -2.86. The highest BCUT2D eigenvalue weighted by Crippen LogP contribution is 2.26. The number of carbonyl (C=O) groups excluding carboxylic acids is 2. The molecule has 4 rings (SSSR count). The molecular weight excluding hydrogens is 483 g/mol. The van der Waals surface area contributed by atoms with E-state index in [0.717, 1.165) is 29.5 Å². The molecule has 2 amide bonds. The minimum Gasteiger partial charge on any atom is -0.376 e. The molecule has 7 heteroatoms. The standard InChI is InChI=1S/C28H28Cl2N2O3/c29-23-12-8-20(9-13-23)17-26(33)32(19-21-10-14-24(30)15-11-21)27(22-5-2-1-3-6-22)28(34)31-18-25-7-4-16-35-25/h1-3,5-6,8-15,25,27H,4,7,16-19H2,(H,31,34)/t25-,27-/m0/s1. The molecule has 5 nitrogen and oxygen atoms in total. The molecule has 1 saturated heterocycles. The van der Waals surface area contributed by atoms with Gasteiger partial charge in [-0.05, 0) is 53.8 Å². The van der Waals surface area contributed by atoms with E-state index in [9.17, 15) is 9.59 Å². The number of nitrogens with one attached hydrogen (secondary N) is 1. The summed E-state index contributed by atoms with van der Waals surface area (Å²) in [6.45, 7) is 1.39. The van der Waals surface area contributed by atoms with E-state index < -0.39 is 6.04 Å². The van der Waals surface area contributed by atoms with Gasteiger partial charge in [-0.1, -0.05) is 77.8 Å². The van der Waals surface area contributed by atoms with Crippen molar-refractivity contribution in [2.45, 2.75) is 38.0 Å². The highest BCUT2D eigenvalue weighted by molar-refractivity contribution is 6.30. The molecule has 0 aliphatic carbocycles. The van der Waals surface area contributed by atoms with E-state index in [1.54, 1.807) is 29.2 Å². The second-order valence-electron chi connectivity index (χ2n) is 8.64. The first-order chi connectivity index (χ1) is 17.0. The number of hydrogen-bond acceptors (Lipinski definition) is 3. The summed E-state index contributed by atoms with van der Waals surface area (Å²) < 4.78 is 5.67. The van der Waals surface area contributed by atoms with Crippen molar-refractivity contribution in [2.75, 3.05) is 13.2 Å². The number of carbonyl (C=O) groups is 2. The quantitative estimate of drug-likeness (QED) is 0.407. The molecule has 0 saturated carbocycles. The van der Waals surface area contributed by atoms with Crippen molar-refractivity contribution in [1.82, 2.24) is 10.2 Å². The van der Waals surface area contributed by atoms with E-state index in [1.807, 2.05) is 54.6 Å². The maximum Gasteiger partial charge on any atom is 0.247 e. The van der Waals surface area contributed by atoms with Crippen molar-refractivity contribution in [2.24, 2.45) is 0 Å². The van der Waals surface area contributed by atoms with Crippen LogP contribution < -0.4 is 5.32 Å². The van der Waals surface area contributed by atoms with Crippen LogP contribution in [-0.2, 0) is 27.3 Å². The van der Waals surface area contributed by atoms with Crippen LogP contribution in [0.4, 0.5) is 0 Å². The fourth-order valence-corrected chi connectivity index (χ4v) is 4.46. The number of nitrogens with zero attached hydrogens (tertiary/aromatic N) is 1. The van der Waals surface area contributed by atoms with Gasteiger partial charge in [0.2, 0.25) is 11.8 Å². The molecule has 1 N–H and O–H groups in total. The van der Waals surface area contributed by atoms with Crippen LogP contribution in [0.1, 0.15) is 35.6 Å². The van der Waals surface area contributed by atoms with Gasteiger partial charge in [-0.3, -0.25) is 9.59 Å². The van der Waals surface area contributed by atoms with E-state index in [-0.39, 0.29) is 30.9 Å². The number of ether oxygens (including phenoxy) is 1. The van der Waals surface area contributed by atoms with Gasteiger partial charge in [0.05, 0.1) is 12.5 Å². The lowest BCUT2D eigenvalue weighted by molar-refractivity contribution is -0.141. The second kappa shape index (κ2) is 12.2. The minimum atomic E-state index is -0.798. The summed E-state index contributed by atoms with van der Waals surface area (Å²) in [4.78, 5) is 28.9. The predicted octanol–water partition coefficient (Wildman–Crippen LogP) is 5.60. The summed E-state index contributed by atoms with van der Waals surface area (Å²) in [5.41, 5.74) is 2.45. The molecule has 1 aliphatic heterocycles. The van der Waals surface area contributed by atoms with Crippen molar-refractivity contribution >= 4 is 35.0 Å². The van der Waals surface area contributed by atoms with Crippen LogP contribution in [0, 0.1) is 0 Å². The molecule has 0 bridgehead atoms. The maximum atomic E-state index is 13.7. The molecule has 35 heavy (non-hydrogen) atoms. The zero-order valence-corrected chi connectivity index (χ0v) is 20.8. The topological polar surface area (TPSA) is 58.6 Å². The van der Waals surface area contributed by atoms with Gasteiger partial charge in [0, 0.05) is 29.7 Å². The van der Waals surface area contributed by atoms with Crippen molar-refractivity contribution in [3.05, 3.63) is 106 Å². The van der Waals surface area contributed by atoms with E-state index in [1.165, 1.54) is 0 Å². The van der Waals surface area contributed by atoms with Crippen molar-refractivity contribution in [1.29, 1.82) is 0 Å². The fraction of sp³-hybridized carbons (Fsp3) is 0.286. The van der Waals surface area contributed by atoms with Gasteiger partial charge < -0.3 is 15.0 Å². The first-order valence-corrected chi connectivity index (χ1v) is 12.5. The molecule has 0 radical (unpaired) electrons. The average Bonchev–Trinajstić information content (AvgIpc) is 3.39. The Morgan fingerprint density at radius 3 is 2.14 bits per heavy atom. The maximum absolute atomic E-state index is 13.7. The number of benzene rings is 3. The molecule has 0 unspecified atom stereocenters. The highest BCUT2D eigenvalue weighted by Gasteiger charge is 2.32. The van der Waals surface area contributed by atoms with Crippen molar-refractivity contribution in [3.8, 4) is 0 Å². The molecule has 1 heterocycles. The van der Waals surface area contributed by atoms with E-state index in [4.69, 9.17) is 27.9 Å². The van der Waals surface area contributed by atoms with E-state index in [2.05, 4.69) is 5.32 Å². The van der Waals surface area contributed by atoms with Crippen molar-refractivity contribution in [3.63, 3.8) is 0 Å². The van der Waals surface area contributed by atoms with E-state index in [0.29, 0.717) is 23.2 Å². The lowest BCUT2D eigenvalue weighted by Crippen LogP contribution is -2.45. The Morgan fingerprint density at radius 2 is 1.54 bits per heavy atom. The van der Waals surface area contributed by atoms with Gasteiger partial charge in [0.15, 0.2) is 0 Å². The smallest absolute Gasteiger partial charge is 0.247 e. The van der Waals surface area contributed by atoms with Gasteiger partial charge in [0.25, 0.3) is 0 Å². The Morgan fingerprint density at radius 1 is 0.914 bits per heavy atom. The number of rotatable bonds is 9. The molecule has 3 aromatic rings. The second-order valence-corrected chi connectivity index (χ2v) is 9.52. The van der Waals surface area contributed by atoms with Crippen LogP contribution in [0.2, 0.25) is 10.0 Å². The first-order valence-electron chi connectivity index (χ1n) is 11.7.